The van der Waals surface area contributed by atoms with Gasteiger partial charge in [0.1, 0.15) is 4.88 Å². The summed E-state index contributed by atoms with van der Waals surface area (Å²) in [6.45, 7) is 8.77. The number of nitrogens with zero attached hydrogens (tertiary/aromatic N) is 3. The minimum Gasteiger partial charge on any atom is -0.321 e. The van der Waals surface area contributed by atoms with Crippen molar-refractivity contribution in [3.05, 3.63) is 45.0 Å². The average molecular weight is 428 g/mol. The van der Waals surface area contributed by atoms with Crippen LogP contribution in [0.1, 0.15) is 49.0 Å². The molecule has 0 saturated heterocycles. The molecule has 2 bridgehead atoms. The standard InChI is InChI=1S/C21H25N5O3S/c1-11-16-8-13(21(11,3)4)9-17(16)24-25-20-22-12(2)18(30-20)19(27)23-14-6-5-7-15(10-14)26(28)29/h5-7,10-11,13,16H,8-9H2,1-4H3,(H,22,25)(H,23,27)/b24-17-. The number of anilines is 2. The molecule has 2 aromatic rings. The number of nitro groups is 1. The van der Waals surface area contributed by atoms with E-state index in [1.54, 1.807) is 13.0 Å². The molecule has 2 saturated carbocycles. The molecule has 4 rings (SSSR count). The maximum atomic E-state index is 12.6. The van der Waals surface area contributed by atoms with Crippen LogP contribution >= 0.6 is 11.3 Å². The Balaban J connectivity index is 1.44. The van der Waals surface area contributed by atoms with Gasteiger partial charge in [0, 0.05) is 29.4 Å². The van der Waals surface area contributed by atoms with Gasteiger partial charge in [0.05, 0.1) is 10.6 Å². The minimum atomic E-state index is -0.494. The van der Waals surface area contributed by atoms with Crippen molar-refractivity contribution in [3.63, 3.8) is 0 Å². The molecule has 3 atom stereocenters. The third-order valence-corrected chi connectivity index (χ3v) is 7.92. The Labute approximate surface area is 178 Å². The fourth-order valence-corrected chi connectivity index (χ4v) is 5.47. The number of carbonyl (C=O) groups excluding carboxylic acids is 1. The zero-order valence-electron chi connectivity index (χ0n) is 17.4. The summed E-state index contributed by atoms with van der Waals surface area (Å²) < 4.78 is 0. The predicted octanol–water partition coefficient (Wildman–Crippen LogP) is 5.08. The second kappa shape index (κ2) is 7.46. The third-order valence-electron chi connectivity index (χ3n) is 6.86. The van der Waals surface area contributed by atoms with Gasteiger partial charge < -0.3 is 5.32 Å². The Kier molecular flexibility index (Phi) is 5.09. The fourth-order valence-electron chi connectivity index (χ4n) is 4.67. The summed E-state index contributed by atoms with van der Waals surface area (Å²) >= 11 is 1.23. The number of nitrogens with one attached hydrogen (secondary N) is 2. The van der Waals surface area contributed by atoms with Gasteiger partial charge >= 0.3 is 0 Å². The number of thiazole rings is 1. The number of carbonyl (C=O) groups is 1. The zero-order chi connectivity index (χ0) is 21.6. The van der Waals surface area contributed by atoms with E-state index < -0.39 is 4.92 Å². The molecule has 1 aromatic carbocycles. The Morgan fingerprint density at radius 3 is 2.83 bits per heavy atom. The Bertz CT molecular complexity index is 1040. The highest BCUT2D eigenvalue weighted by Crippen LogP contribution is 2.57. The van der Waals surface area contributed by atoms with Crippen LogP contribution in [-0.4, -0.2) is 21.5 Å². The molecule has 1 aromatic heterocycles. The Morgan fingerprint density at radius 2 is 2.17 bits per heavy atom. The van der Waals surface area contributed by atoms with Crippen LogP contribution in [0.5, 0.6) is 0 Å². The van der Waals surface area contributed by atoms with E-state index in [-0.39, 0.29) is 11.6 Å². The van der Waals surface area contributed by atoms with Crippen molar-refractivity contribution >= 4 is 39.5 Å². The van der Waals surface area contributed by atoms with Gasteiger partial charge in [0.25, 0.3) is 11.6 Å². The van der Waals surface area contributed by atoms with Crippen LogP contribution in [0.4, 0.5) is 16.5 Å². The topological polar surface area (TPSA) is 110 Å². The maximum absolute atomic E-state index is 12.6. The first-order valence-corrected chi connectivity index (χ1v) is 10.8. The summed E-state index contributed by atoms with van der Waals surface area (Å²) in [6, 6.07) is 5.86. The molecule has 9 heteroatoms. The van der Waals surface area contributed by atoms with Crippen molar-refractivity contribution in [3.8, 4) is 0 Å². The number of aryl methyl sites for hydroxylation is 1. The number of rotatable bonds is 5. The first-order chi connectivity index (χ1) is 14.2. The molecule has 30 heavy (non-hydrogen) atoms. The van der Waals surface area contributed by atoms with Crippen LogP contribution in [-0.2, 0) is 0 Å². The number of hydrogen-bond donors (Lipinski definition) is 2. The van der Waals surface area contributed by atoms with Gasteiger partial charge in [-0.1, -0.05) is 38.2 Å². The lowest BCUT2D eigenvalue weighted by Gasteiger charge is -2.36. The summed E-state index contributed by atoms with van der Waals surface area (Å²) in [5.41, 5.74) is 5.49. The molecule has 2 fully saturated rings. The lowest BCUT2D eigenvalue weighted by molar-refractivity contribution is -0.384. The zero-order valence-corrected chi connectivity index (χ0v) is 18.2. The maximum Gasteiger partial charge on any atom is 0.271 e. The van der Waals surface area contributed by atoms with E-state index in [1.165, 1.54) is 41.7 Å². The third kappa shape index (κ3) is 3.58. The molecule has 8 nitrogen and oxygen atoms in total. The molecule has 158 valence electrons. The van der Waals surface area contributed by atoms with E-state index in [0.717, 1.165) is 6.42 Å². The highest BCUT2D eigenvalue weighted by Gasteiger charge is 2.53. The number of hydrogen-bond acceptors (Lipinski definition) is 7. The van der Waals surface area contributed by atoms with Gasteiger partial charge in [-0.05, 0) is 43.1 Å². The van der Waals surface area contributed by atoms with Crippen LogP contribution in [0.2, 0.25) is 0 Å². The number of amides is 1. The number of aromatic nitrogens is 1. The monoisotopic (exact) mass is 427 g/mol. The number of hydrazone groups is 1. The first kappa shape index (κ1) is 20.5. The SMILES string of the molecule is Cc1nc(N/N=C2/CC3CC2C(C)C3(C)C)sc1C(=O)Nc1cccc([N+](=O)[O-])c1. The van der Waals surface area contributed by atoms with E-state index in [0.29, 0.717) is 44.6 Å². The van der Waals surface area contributed by atoms with E-state index in [1.807, 2.05) is 0 Å². The van der Waals surface area contributed by atoms with Crippen LogP contribution in [0, 0.1) is 40.2 Å². The van der Waals surface area contributed by atoms with Gasteiger partial charge in [-0.15, -0.1) is 0 Å². The highest BCUT2D eigenvalue weighted by molar-refractivity contribution is 7.17. The molecule has 1 amide bonds. The number of fused-ring (bicyclic) bond motifs is 2. The Morgan fingerprint density at radius 1 is 1.40 bits per heavy atom. The summed E-state index contributed by atoms with van der Waals surface area (Å²) in [5, 5.41) is 18.8. The van der Waals surface area contributed by atoms with Gasteiger partial charge in [0.2, 0.25) is 5.13 Å². The quantitative estimate of drug-likeness (QED) is 0.511. The summed E-state index contributed by atoms with van der Waals surface area (Å²) in [4.78, 5) is 27.9. The normalized spacial score (nSPS) is 25.5. The summed E-state index contributed by atoms with van der Waals surface area (Å²) in [7, 11) is 0. The largest absolute Gasteiger partial charge is 0.321 e. The number of non-ortho nitro benzene ring substituents is 1. The molecule has 1 heterocycles. The van der Waals surface area contributed by atoms with Gasteiger partial charge in [-0.3, -0.25) is 20.3 Å². The lowest BCUT2D eigenvalue weighted by atomic mass is 9.69. The van der Waals surface area contributed by atoms with Gasteiger partial charge in [-0.25, -0.2) is 4.98 Å². The second-order valence-corrected chi connectivity index (χ2v) is 9.76. The predicted molar refractivity (Wildman–Crippen MR) is 118 cm³/mol. The van der Waals surface area contributed by atoms with Crippen molar-refractivity contribution in [1.82, 2.24) is 4.98 Å². The van der Waals surface area contributed by atoms with Crippen molar-refractivity contribution in [2.75, 3.05) is 10.7 Å². The van der Waals surface area contributed by atoms with Crippen molar-refractivity contribution in [2.24, 2.45) is 28.3 Å². The van der Waals surface area contributed by atoms with Crippen LogP contribution in [0.15, 0.2) is 29.4 Å². The van der Waals surface area contributed by atoms with Crippen molar-refractivity contribution in [1.29, 1.82) is 0 Å². The lowest BCUT2D eigenvalue weighted by Crippen LogP contribution is -2.33. The van der Waals surface area contributed by atoms with E-state index in [4.69, 9.17) is 0 Å². The van der Waals surface area contributed by atoms with E-state index in [2.05, 4.69) is 41.6 Å². The van der Waals surface area contributed by atoms with E-state index >= 15 is 0 Å². The number of benzene rings is 1. The fraction of sp³-hybridized carbons (Fsp3) is 0.476. The van der Waals surface area contributed by atoms with Crippen LogP contribution in [0.25, 0.3) is 0 Å². The second-order valence-electron chi connectivity index (χ2n) is 8.76. The molecule has 2 aliphatic rings. The first-order valence-electron chi connectivity index (χ1n) is 10.0. The summed E-state index contributed by atoms with van der Waals surface area (Å²) in [5.74, 6) is 1.44. The molecular formula is C21H25N5O3S. The summed E-state index contributed by atoms with van der Waals surface area (Å²) in [6.07, 6.45) is 2.21. The highest BCUT2D eigenvalue weighted by atomic mass is 32.1. The van der Waals surface area contributed by atoms with Crippen LogP contribution < -0.4 is 10.7 Å². The smallest absolute Gasteiger partial charge is 0.271 e. The van der Waals surface area contributed by atoms with Crippen molar-refractivity contribution < 1.29 is 9.72 Å². The molecular weight excluding hydrogens is 402 g/mol. The molecule has 0 spiro atoms. The van der Waals surface area contributed by atoms with Gasteiger partial charge in [-0.2, -0.15) is 5.10 Å². The minimum absolute atomic E-state index is 0.0738. The molecule has 2 aliphatic carbocycles. The molecule has 2 N–H and O–H groups in total. The average Bonchev–Trinajstić information content (AvgIpc) is 3.34. The van der Waals surface area contributed by atoms with Gasteiger partial charge in [0.15, 0.2) is 0 Å². The molecule has 3 unspecified atom stereocenters. The molecule has 0 radical (unpaired) electrons. The van der Waals surface area contributed by atoms with E-state index in [9.17, 15) is 14.9 Å². The number of nitro benzene ring substituents is 1. The van der Waals surface area contributed by atoms with Crippen molar-refractivity contribution in [2.45, 2.75) is 40.5 Å². The van der Waals surface area contributed by atoms with Crippen LogP contribution in [0.3, 0.4) is 0 Å². The Hall–Kier alpha value is -2.81. The molecule has 0 aliphatic heterocycles.